The maximum atomic E-state index is 12.0. The molecule has 4 heteroatoms. The van der Waals surface area contributed by atoms with Crippen molar-refractivity contribution < 1.29 is 8.42 Å². The lowest BCUT2D eigenvalue weighted by Gasteiger charge is -2.04. The number of hydrogen-bond acceptors (Lipinski definition) is 3. The summed E-state index contributed by atoms with van der Waals surface area (Å²) in [6.45, 7) is 4.16. The molecule has 0 unspecified atom stereocenters. The lowest BCUT2D eigenvalue weighted by molar-refractivity contribution is 0.593. The molecule has 0 aromatic heterocycles. The number of nitrogens with two attached hydrogens (primary N) is 1. The zero-order valence-corrected chi connectivity index (χ0v) is 11.8. The number of anilines is 1. The van der Waals surface area contributed by atoms with Crippen molar-refractivity contribution in [2.24, 2.45) is 0 Å². The number of hydrogen-bond donors (Lipinski definition) is 1. The molecule has 0 saturated carbocycles. The lowest BCUT2D eigenvalue weighted by Crippen LogP contribution is -2.06. The first-order valence-corrected chi connectivity index (χ1v) is 7.85. The standard InChI is InChI=1S/C14H21NO2S/c1-3-12(2)6-4-5-11-18(16,17)14-9-7-13(15)8-10-14/h6-10H,3-5,11,15H2,1-2H3. The molecule has 2 N–H and O–H groups in total. The summed E-state index contributed by atoms with van der Waals surface area (Å²) in [7, 11) is -3.17. The van der Waals surface area contributed by atoms with E-state index in [9.17, 15) is 8.42 Å². The van der Waals surface area contributed by atoms with Gasteiger partial charge in [0.2, 0.25) is 0 Å². The summed E-state index contributed by atoms with van der Waals surface area (Å²) >= 11 is 0. The third kappa shape index (κ3) is 4.53. The summed E-state index contributed by atoms with van der Waals surface area (Å²) in [6, 6.07) is 6.37. The topological polar surface area (TPSA) is 60.2 Å². The summed E-state index contributed by atoms with van der Waals surface area (Å²) in [5, 5.41) is 0. The molecule has 0 aliphatic rings. The van der Waals surface area contributed by atoms with Crippen molar-refractivity contribution in [1.29, 1.82) is 0 Å². The number of rotatable bonds is 6. The first kappa shape index (κ1) is 14.8. The second-order valence-electron chi connectivity index (χ2n) is 4.43. The van der Waals surface area contributed by atoms with Crippen LogP contribution in [0.5, 0.6) is 0 Å². The number of sulfone groups is 1. The maximum Gasteiger partial charge on any atom is 0.178 e. The van der Waals surface area contributed by atoms with E-state index in [1.807, 2.05) is 0 Å². The van der Waals surface area contributed by atoms with Gasteiger partial charge in [-0.05, 0) is 50.5 Å². The van der Waals surface area contributed by atoms with Crippen molar-refractivity contribution in [2.75, 3.05) is 11.5 Å². The quantitative estimate of drug-likeness (QED) is 0.489. The molecule has 1 rings (SSSR count). The Balaban J connectivity index is 2.58. The largest absolute Gasteiger partial charge is 0.399 e. The van der Waals surface area contributed by atoms with Crippen LogP contribution in [-0.4, -0.2) is 14.2 Å². The Morgan fingerprint density at radius 3 is 2.44 bits per heavy atom. The molecule has 0 aliphatic heterocycles. The first-order valence-electron chi connectivity index (χ1n) is 6.19. The van der Waals surface area contributed by atoms with Crippen LogP contribution in [0.2, 0.25) is 0 Å². The Hall–Kier alpha value is -1.29. The molecule has 0 fully saturated rings. The minimum Gasteiger partial charge on any atom is -0.399 e. The van der Waals surface area contributed by atoms with E-state index < -0.39 is 9.84 Å². The highest BCUT2D eigenvalue weighted by molar-refractivity contribution is 7.91. The monoisotopic (exact) mass is 267 g/mol. The predicted octanol–water partition coefficient (Wildman–Crippen LogP) is 3.18. The lowest BCUT2D eigenvalue weighted by atomic mass is 10.2. The molecular formula is C14H21NO2S. The van der Waals surface area contributed by atoms with E-state index in [2.05, 4.69) is 19.9 Å². The van der Waals surface area contributed by atoms with Gasteiger partial charge in [0.1, 0.15) is 0 Å². The number of allylic oxidation sites excluding steroid dienone is 2. The van der Waals surface area contributed by atoms with Gasteiger partial charge in [0.15, 0.2) is 9.84 Å². The van der Waals surface area contributed by atoms with Crippen LogP contribution in [0.1, 0.15) is 33.1 Å². The fourth-order valence-electron chi connectivity index (χ4n) is 1.56. The van der Waals surface area contributed by atoms with Crippen LogP contribution in [-0.2, 0) is 9.84 Å². The van der Waals surface area contributed by atoms with Gasteiger partial charge in [-0.15, -0.1) is 0 Å². The average Bonchev–Trinajstić information content (AvgIpc) is 2.35. The number of nitrogen functional groups attached to an aromatic ring is 1. The number of benzene rings is 1. The highest BCUT2D eigenvalue weighted by Crippen LogP contribution is 2.15. The van der Waals surface area contributed by atoms with Gasteiger partial charge in [0.05, 0.1) is 10.6 Å². The zero-order valence-electron chi connectivity index (χ0n) is 11.0. The molecule has 0 bridgehead atoms. The molecule has 0 aliphatic carbocycles. The van der Waals surface area contributed by atoms with E-state index in [4.69, 9.17) is 5.73 Å². The van der Waals surface area contributed by atoms with Crippen molar-refractivity contribution in [2.45, 2.75) is 38.0 Å². The van der Waals surface area contributed by atoms with Crippen molar-refractivity contribution in [3.05, 3.63) is 35.9 Å². The van der Waals surface area contributed by atoms with Crippen LogP contribution in [0.25, 0.3) is 0 Å². The van der Waals surface area contributed by atoms with Crippen LogP contribution in [0.15, 0.2) is 40.8 Å². The van der Waals surface area contributed by atoms with Crippen LogP contribution in [0.3, 0.4) is 0 Å². The van der Waals surface area contributed by atoms with Crippen molar-refractivity contribution in [1.82, 2.24) is 0 Å². The van der Waals surface area contributed by atoms with Gasteiger partial charge in [0.25, 0.3) is 0 Å². The average molecular weight is 267 g/mol. The van der Waals surface area contributed by atoms with Gasteiger partial charge in [-0.25, -0.2) is 8.42 Å². The van der Waals surface area contributed by atoms with Gasteiger partial charge < -0.3 is 5.73 Å². The zero-order chi connectivity index (χ0) is 13.6. The van der Waals surface area contributed by atoms with Crippen molar-refractivity contribution in [3.8, 4) is 0 Å². The van der Waals surface area contributed by atoms with Gasteiger partial charge in [-0.1, -0.05) is 18.6 Å². The maximum absolute atomic E-state index is 12.0. The van der Waals surface area contributed by atoms with E-state index in [-0.39, 0.29) is 5.75 Å². The minimum atomic E-state index is -3.17. The van der Waals surface area contributed by atoms with E-state index in [0.29, 0.717) is 17.0 Å². The normalized spacial score (nSPS) is 12.7. The Morgan fingerprint density at radius 1 is 1.28 bits per heavy atom. The van der Waals surface area contributed by atoms with Crippen molar-refractivity contribution in [3.63, 3.8) is 0 Å². The fourth-order valence-corrected chi connectivity index (χ4v) is 2.89. The van der Waals surface area contributed by atoms with Crippen LogP contribution in [0.4, 0.5) is 5.69 Å². The van der Waals surface area contributed by atoms with Crippen LogP contribution in [0, 0.1) is 0 Å². The Kier molecular flexibility index (Phi) is 5.41. The molecule has 0 saturated heterocycles. The van der Waals surface area contributed by atoms with Crippen LogP contribution >= 0.6 is 0 Å². The smallest absolute Gasteiger partial charge is 0.178 e. The molecular weight excluding hydrogens is 246 g/mol. The third-order valence-electron chi connectivity index (χ3n) is 2.91. The molecule has 0 radical (unpaired) electrons. The summed E-state index contributed by atoms with van der Waals surface area (Å²) in [4.78, 5) is 0.355. The summed E-state index contributed by atoms with van der Waals surface area (Å²) in [5.74, 6) is 0.185. The Morgan fingerprint density at radius 2 is 1.89 bits per heavy atom. The molecule has 18 heavy (non-hydrogen) atoms. The Bertz CT molecular complexity index is 501. The van der Waals surface area contributed by atoms with Gasteiger partial charge in [-0.2, -0.15) is 0 Å². The molecule has 100 valence electrons. The Labute approximate surface area is 110 Å². The molecule has 0 spiro atoms. The van der Waals surface area contributed by atoms with E-state index >= 15 is 0 Å². The highest BCUT2D eigenvalue weighted by atomic mass is 32.2. The van der Waals surface area contributed by atoms with Crippen molar-refractivity contribution >= 4 is 15.5 Å². The van der Waals surface area contributed by atoms with E-state index in [1.54, 1.807) is 24.3 Å². The molecule has 1 aromatic rings. The van der Waals surface area contributed by atoms with E-state index in [1.165, 1.54) is 5.57 Å². The van der Waals surface area contributed by atoms with Crippen LogP contribution < -0.4 is 5.73 Å². The number of unbranched alkanes of at least 4 members (excludes halogenated alkanes) is 1. The molecule has 3 nitrogen and oxygen atoms in total. The molecule has 1 aromatic carbocycles. The van der Waals surface area contributed by atoms with Gasteiger partial charge >= 0.3 is 0 Å². The molecule has 0 amide bonds. The predicted molar refractivity (Wildman–Crippen MR) is 76.2 cm³/mol. The summed E-state index contributed by atoms with van der Waals surface area (Å²) in [5.41, 5.74) is 7.42. The first-order chi connectivity index (χ1) is 8.45. The molecule has 0 atom stereocenters. The van der Waals surface area contributed by atoms with Gasteiger partial charge in [0, 0.05) is 5.69 Å². The molecule has 0 heterocycles. The van der Waals surface area contributed by atoms with E-state index in [0.717, 1.165) is 12.8 Å². The second kappa shape index (κ2) is 6.59. The SMILES string of the molecule is CCC(C)=CCCCS(=O)(=O)c1ccc(N)cc1. The second-order valence-corrected chi connectivity index (χ2v) is 6.54. The third-order valence-corrected chi connectivity index (χ3v) is 4.72. The summed E-state index contributed by atoms with van der Waals surface area (Å²) < 4.78 is 24.0. The summed E-state index contributed by atoms with van der Waals surface area (Å²) in [6.07, 6.45) is 4.60. The van der Waals surface area contributed by atoms with Gasteiger partial charge in [-0.3, -0.25) is 0 Å². The highest BCUT2D eigenvalue weighted by Gasteiger charge is 2.12. The minimum absolute atomic E-state index is 0.185. The fraction of sp³-hybridized carbons (Fsp3) is 0.429.